The molecule has 1 aliphatic heterocycles. The first kappa shape index (κ1) is 20.2. The van der Waals surface area contributed by atoms with Gasteiger partial charge in [-0.3, -0.25) is 9.69 Å². The summed E-state index contributed by atoms with van der Waals surface area (Å²) >= 11 is 0. The maximum Gasteiger partial charge on any atom is 0.318 e. The Morgan fingerprint density at radius 1 is 1.39 bits per heavy atom. The second kappa shape index (κ2) is 8.62. The monoisotopic (exact) mass is 389 g/mol. The number of hydrogen-bond acceptors (Lipinski definition) is 5. The van der Waals surface area contributed by atoms with Gasteiger partial charge in [0, 0.05) is 30.6 Å². The van der Waals surface area contributed by atoms with Crippen molar-refractivity contribution in [2.45, 2.75) is 26.0 Å². The molecule has 28 heavy (non-hydrogen) atoms. The molecule has 3 rings (SSSR count). The fourth-order valence-electron chi connectivity index (χ4n) is 3.61. The van der Waals surface area contributed by atoms with Gasteiger partial charge in [-0.1, -0.05) is 18.2 Å². The number of hydrogen-bond donors (Lipinski definition) is 2. The van der Waals surface area contributed by atoms with Crippen molar-refractivity contribution in [1.82, 2.24) is 15.1 Å². The topological polar surface area (TPSA) is 95.3 Å². The molecule has 0 saturated carbocycles. The lowest BCUT2D eigenvalue weighted by molar-refractivity contribution is -0.138. The number of aliphatic carboxylic acids is 1. The number of carboxylic acids is 1. The van der Waals surface area contributed by atoms with Crippen LogP contribution in [0.25, 0.3) is 11.0 Å². The summed E-state index contributed by atoms with van der Waals surface area (Å²) in [5.74, 6) is -0.136. The minimum absolute atomic E-state index is 0.0611. The average molecular weight is 389 g/mol. The summed E-state index contributed by atoms with van der Waals surface area (Å²) in [7, 11) is 1.73. The number of furan rings is 1. The first-order valence-electron chi connectivity index (χ1n) is 9.40. The summed E-state index contributed by atoms with van der Waals surface area (Å²) in [6, 6.07) is 7.37. The molecule has 2 atom stereocenters. The van der Waals surface area contributed by atoms with Crippen LogP contribution in [0.15, 0.2) is 28.7 Å². The molecular formula is C20H27N3O5. The molecule has 1 aliphatic rings. The third-order valence-corrected chi connectivity index (χ3v) is 4.96. The maximum atomic E-state index is 12.7. The van der Waals surface area contributed by atoms with Crippen molar-refractivity contribution < 1.29 is 23.8 Å². The lowest BCUT2D eigenvalue weighted by Gasteiger charge is -2.35. The number of urea groups is 1. The van der Waals surface area contributed by atoms with Gasteiger partial charge < -0.3 is 24.5 Å². The molecule has 1 fully saturated rings. The van der Waals surface area contributed by atoms with E-state index in [1.807, 2.05) is 38.1 Å². The van der Waals surface area contributed by atoms with E-state index < -0.39 is 5.97 Å². The van der Waals surface area contributed by atoms with Crippen molar-refractivity contribution >= 4 is 23.0 Å². The van der Waals surface area contributed by atoms with Gasteiger partial charge in [0.05, 0.1) is 25.3 Å². The zero-order chi connectivity index (χ0) is 20.3. The number of rotatable bonds is 6. The Hall–Kier alpha value is -2.58. The largest absolute Gasteiger partial charge is 0.480 e. The van der Waals surface area contributed by atoms with E-state index in [1.165, 1.54) is 0 Å². The molecule has 0 radical (unpaired) electrons. The van der Waals surface area contributed by atoms with Crippen molar-refractivity contribution in [2.75, 3.05) is 39.8 Å². The first-order chi connectivity index (χ1) is 13.3. The number of aryl methyl sites for hydroxylation is 1. The Bertz CT molecular complexity index is 849. The van der Waals surface area contributed by atoms with Crippen LogP contribution in [0, 0.1) is 6.92 Å². The summed E-state index contributed by atoms with van der Waals surface area (Å²) in [5.41, 5.74) is 1.84. The van der Waals surface area contributed by atoms with Gasteiger partial charge in [-0.05, 0) is 27.0 Å². The number of fused-ring (bicyclic) bond motifs is 1. The smallest absolute Gasteiger partial charge is 0.318 e. The lowest BCUT2D eigenvalue weighted by Crippen LogP contribution is -2.52. The van der Waals surface area contributed by atoms with Gasteiger partial charge in [0.15, 0.2) is 0 Å². The van der Waals surface area contributed by atoms with Crippen LogP contribution in [0.2, 0.25) is 0 Å². The van der Waals surface area contributed by atoms with E-state index in [2.05, 4.69) is 5.32 Å². The summed E-state index contributed by atoms with van der Waals surface area (Å²) in [5, 5.41) is 12.9. The van der Waals surface area contributed by atoms with Crippen molar-refractivity contribution in [3.05, 3.63) is 35.6 Å². The van der Waals surface area contributed by atoms with Crippen molar-refractivity contribution in [3.8, 4) is 0 Å². The zero-order valence-corrected chi connectivity index (χ0v) is 16.5. The van der Waals surface area contributed by atoms with E-state index in [0.717, 1.165) is 22.3 Å². The number of nitrogens with zero attached hydrogens (tertiary/aromatic N) is 2. The number of benzene rings is 1. The minimum atomic E-state index is -0.886. The van der Waals surface area contributed by atoms with Gasteiger partial charge in [0.1, 0.15) is 11.3 Å². The maximum absolute atomic E-state index is 12.7. The van der Waals surface area contributed by atoms with Crippen molar-refractivity contribution in [3.63, 3.8) is 0 Å². The highest BCUT2D eigenvalue weighted by Gasteiger charge is 2.27. The lowest BCUT2D eigenvalue weighted by atomic mass is 10.1. The summed E-state index contributed by atoms with van der Waals surface area (Å²) in [6.07, 6.45) is -0.216. The molecule has 1 aromatic heterocycles. The molecule has 2 amide bonds. The zero-order valence-electron chi connectivity index (χ0n) is 16.5. The van der Waals surface area contributed by atoms with Crippen LogP contribution in [-0.4, -0.2) is 72.8 Å². The van der Waals surface area contributed by atoms with E-state index in [0.29, 0.717) is 26.2 Å². The van der Waals surface area contributed by atoms with E-state index in [9.17, 15) is 9.59 Å². The molecule has 2 heterocycles. The second-order valence-corrected chi connectivity index (χ2v) is 7.29. The number of ether oxygens (including phenoxy) is 1. The summed E-state index contributed by atoms with van der Waals surface area (Å²) in [6.45, 7) is 5.63. The van der Waals surface area contributed by atoms with Gasteiger partial charge in [-0.15, -0.1) is 0 Å². The minimum Gasteiger partial charge on any atom is -0.480 e. The SMILES string of the molecule is Cc1c(C(C)NC(=O)N2CCOC(CN(C)CC(=O)O)C2)oc2ccccc12. The fraction of sp³-hybridized carbons (Fsp3) is 0.500. The molecule has 0 aliphatic carbocycles. The van der Waals surface area contributed by atoms with Crippen LogP contribution in [0.3, 0.4) is 0 Å². The third-order valence-electron chi connectivity index (χ3n) is 4.96. The molecular weight excluding hydrogens is 362 g/mol. The molecule has 152 valence electrons. The Morgan fingerprint density at radius 2 is 2.14 bits per heavy atom. The highest BCUT2D eigenvalue weighted by atomic mass is 16.5. The number of nitrogens with one attached hydrogen (secondary N) is 1. The second-order valence-electron chi connectivity index (χ2n) is 7.29. The quantitative estimate of drug-likeness (QED) is 0.787. The predicted octanol–water partition coefficient (Wildman–Crippen LogP) is 2.23. The van der Waals surface area contributed by atoms with Crippen LogP contribution in [0.1, 0.15) is 24.3 Å². The van der Waals surface area contributed by atoms with E-state index in [4.69, 9.17) is 14.3 Å². The molecule has 2 unspecified atom stereocenters. The Morgan fingerprint density at radius 3 is 2.86 bits per heavy atom. The number of para-hydroxylation sites is 1. The normalized spacial score (nSPS) is 18.4. The Kier molecular flexibility index (Phi) is 6.21. The van der Waals surface area contributed by atoms with Crippen LogP contribution in [0.4, 0.5) is 4.79 Å². The number of likely N-dealkylation sites (N-methyl/N-ethyl adjacent to an activating group) is 1. The molecule has 0 spiro atoms. The first-order valence-corrected chi connectivity index (χ1v) is 9.40. The van der Waals surface area contributed by atoms with E-state index in [-0.39, 0.29) is 24.7 Å². The van der Waals surface area contributed by atoms with Gasteiger partial charge in [-0.25, -0.2) is 4.79 Å². The van der Waals surface area contributed by atoms with Crippen molar-refractivity contribution in [1.29, 1.82) is 0 Å². The van der Waals surface area contributed by atoms with Crippen LogP contribution >= 0.6 is 0 Å². The average Bonchev–Trinajstić information content (AvgIpc) is 2.98. The van der Waals surface area contributed by atoms with Crippen LogP contribution in [0.5, 0.6) is 0 Å². The molecule has 1 saturated heterocycles. The number of carbonyl (C=O) groups excluding carboxylic acids is 1. The van der Waals surface area contributed by atoms with Crippen LogP contribution < -0.4 is 5.32 Å². The van der Waals surface area contributed by atoms with Gasteiger partial charge in [-0.2, -0.15) is 0 Å². The summed E-state index contributed by atoms with van der Waals surface area (Å²) < 4.78 is 11.6. The summed E-state index contributed by atoms with van der Waals surface area (Å²) in [4.78, 5) is 26.9. The third kappa shape index (κ3) is 4.63. The standard InChI is InChI=1S/C20H27N3O5/c1-13-16-6-4-5-7-17(16)28-19(13)14(2)21-20(26)23-8-9-27-15(11-23)10-22(3)12-18(24)25/h4-7,14-15H,8-12H2,1-3H3,(H,21,26)(H,24,25). The highest BCUT2D eigenvalue weighted by molar-refractivity contribution is 5.82. The fourth-order valence-corrected chi connectivity index (χ4v) is 3.61. The van der Waals surface area contributed by atoms with Gasteiger partial charge in [0.2, 0.25) is 0 Å². The number of carboxylic acid groups (broad SMARTS) is 1. The number of amides is 2. The molecule has 8 nitrogen and oxygen atoms in total. The molecule has 1 aromatic carbocycles. The number of carbonyl (C=O) groups is 2. The molecule has 2 N–H and O–H groups in total. The predicted molar refractivity (Wildman–Crippen MR) is 104 cm³/mol. The molecule has 8 heteroatoms. The van der Waals surface area contributed by atoms with Crippen molar-refractivity contribution in [2.24, 2.45) is 0 Å². The van der Waals surface area contributed by atoms with Gasteiger partial charge >= 0.3 is 12.0 Å². The van der Waals surface area contributed by atoms with Gasteiger partial charge in [0.25, 0.3) is 0 Å². The highest BCUT2D eigenvalue weighted by Crippen LogP contribution is 2.29. The Balaban J connectivity index is 1.60. The van der Waals surface area contributed by atoms with Crippen LogP contribution in [-0.2, 0) is 9.53 Å². The molecule has 2 aromatic rings. The molecule has 0 bridgehead atoms. The van der Waals surface area contributed by atoms with E-state index in [1.54, 1.807) is 16.8 Å². The Labute approximate surface area is 164 Å². The van der Waals surface area contributed by atoms with E-state index >= 15 is 0 Å². The number of morpholine rings is 1.